The van der Waals surface area contributed by atoms with Crippen LogP contribution in [0.5, 0.6) is 5.75 Å². The van der Waals surface area contributed by atoms with Crippen molar-refractivity contribution in [2.75, 3.05) is 39.7 Å². The lowest BCUT2D eigenvalue weighted by molar-refractivity contribution is -0.137. The van der Waals surface area contributed by atoms with Crippen molar-refractivity contribution in [3.8, 4) is 5.75 Å². The topological polar surface area (TPSA) is 60.0 Å². The standard InChI is InChI=1S/C23H32N2O4/c1-5-14-12-25-10-9-15-21-18(7-6-8-20(21)28-3)24-22(15)19(25)11-16(14)17(13-27-2)23(26)29-4/h6-8,13-16,19,22,24H,5,9-12H2,1-4H3/b17-13+/t14-,15-,16+,19+,22+/m1/s1. The Kier molecular flexibility index (Phi) is 5.72. The molecular weight excluding hydrogens is 368 g/mol. The number of methoxy groups -OCH3 is 3. The first kappa shape index (κ1) is 20.1. The number of piperidine rings is 2. The van der Waals surface area contributed by atoms with Gasteiger partial charge >= 0.3 is 5.97 Å². The van der Waals surface area contributed by atoms with Gasteiger partial charge in [-0.1, -0.05) is 19.4 Å². The smallest absolute Gasteiger partial charge is 0.337 e. The Balaban J connectivity index is 1.64. The minimum absolute atomic E-state index is 0.139. The average molecular weight is 401 g/mol. The minimum atomic E-state index is -0.277. The number of benzene rings is 1. The van der Waals surface area contributed by atoms with Crippen molar-refractivity contribution in [2.45, 2.75) is 44.2 Å². The molecule has 0 aromatic heterocycles. The molecule has 6 heteroatoms. The van der Waals surface area contributed by atoms with Crippen molar-refractivity contribution in [1.82, 2.24) is 4.90 Å². The largest absolute Gasteiger partial charge is 0.504 e. The van der Waals surface area contributed by atoms with Gasteiger partial charge in [0.2, 0.25) is 0 Å². The summed E-state index contributed by atoms with van der Waals surface area (Å²) in [5, 5.41) is 3.79. The normalized spacial score (nSPS) is 31.2. The van der Waals surface area contributed by atoms with Crippen molar-refractivity contribution in [2.24, 2.45) is 11.8 Å². The summed E-state index contributed by atoms with van der Waals surface area (Å²) in [6.45, 7) is 4.29. The van der Waals surface area contributed by atoms with Crippen LogP contribution in [0.2, 0.25) is 0 Å². The quantitative estimate of drug-likeness (QED) is 0.464. The second-order valence-electron chi connectivity index (χ2n) is 8.36. The molecule has 0 saturated carbocycles. The number of ether oxygens (including phenoxy) is 3. The molecule has 0 unspecified atom stereocenters. The molecular formula is C23H32N2O4. The predicted molar refractivity (Wildman–Crippen MR) is 112 cm³/mol. The van der Waals surface area contributed by atoms with Crippen molar-refractivity contribution in [1.29, 1.82) is 0 Å². The highest BCUT2D eigenvalue weighted by Crippen LogP contribution is 2.50. The number of fused-ring (bicyclic) bond motifs is 5. The Hall–Kier alpha value is -2.21. The fourth-order valence-electron chi connectivity index (χ4n) is 5.81. The van der Waals surface area contributed by atoms with Gasteiger partial charge < -0.3 is 19.5 Å². The fourth-order valence-corrected chi connectivity index (χ4v) is 5.81. The molecule has 1 aromatic carbocycles. The van der Waals surface area contributed by atoms with E-state index in [2.05, 4.69) is 29.3 Å². The van der Waals surface area contributed by atoms with E-state index in [1.54, 1.807) is 20.5 Å². The van der Waals surface area contributed by atoms with Gasteiger partial charge in [0.25, 0.3) is 0 Å². The molecule has 6 nitrogen and oxygen atoms in total. The maximum Gasteiger partial charge on any atom is 0.337 e. The summed E-state index contributed by atoms with van der Waals surface area (Å²) in [6.07, 6.45) is 4.67. The zero-order valence-corrected chi connectivity index (χ0v) is 17.8. The van der Waals surface area contributed by atoms with E-state index in [-0.39, 0.29) is 11.9 Å². The second-order valence-corrected chi connectivity index (χ2v) is 8.36. The lowest BCUT2D eigenvalue weighted by Gasteiger charge is -2.50. The first-order chi connectivity index (χ1) is 14.1. The maximum atomic E-state index is 12.5. The van der Waals surface area contributed by atoms with E-state index < -0.39 is 0 Å². The summed E-state index contributed by atoms with van der Waals surface area (Å²) in [5.74, 6) is 1.69. The molecule has 3 heterocycles. The Morgan fingerprint density at radius 3 is 2.83 bits per heavy atom. The fraction of sp³-hybridized carbons (Fsp3) is 0.609. The molecule has 3 aliphatic rings. The zero-order chi connectivity index (χ0) is 20.5. The Bertz CT molecular complexity index is 793. The van der Waals surface area contributed by atoms with Crippen LogP contribution in [0.25, 0.3) is 0 Å². The van der Waals surface area contributed by atoms with Crippen LogP contribution in [0.3, 0.4) is 0 Å². The molecule has 2 saturated heterocycles. The second kappa shape index (κ2) is 8.27. The van der Waals surface area contributed by atoms with E-state index in [1.807, 2.05) is 6.07 Å². The van der Waals surface area contributed by atoms with Gasteiger partial charge in [0.1, 0.15) is 5.75 Å². The van der Waals surface area contributed by atoms with E-state index in [0.717, 1.165) is 38.1 Å². The predicted octanol–water partition coefficient (Wildman–Crippen LogP) is 3.40. The summed E-state index contributed by atoms with van der Waals surface area (Å²) in [4.78, 5) is 15.1. The van der Waals surface area contributed by atoms with E-state index in [4.69, 9.17) is 14.2 Å². The SMILES string of the molecule is CC[C@@H]1CN2CC[C@@H]3c4c(cccc4OC)N[C@@H]3[C@@H]2C[C@@H]1/C(=C\OC)C(=O)OC. The Morgan fingerprint density at radius 2 is 2.14 bits per heavy atom. The van der Waals surface area contributed by atoms with Crippen molar-refractivity contribution in [3.05, 3.63) is 35.6 Å². The molecule has 29 heavy (non-hydrogen) atoms. The molecule has 0 radical (unpaired) electrons. The summed E-state index contributed by atoms with van der Waals surface area (Å²) >= 11 is 0. The highest BCUT2D eigenvalue weighted by Gasteiger charge is 2.49. The molecule has 0 aliphatic carbocycles. The van der Waals surface area contributed by atoms with Crippen LogP contribution in [0, 0.1) is 11.8 Å². The van der Waals surface area contributed by atoms with Gasteiger partial charge in [0.05, 0.1) is 33.2 Å². The number of anilines is 1. The third-order valence-electron chi connectivity index (χ3n) is 7.15. The number of carbonyl (C=O) groups excluding carboxylic acids is 1. The first-order valence-electron chi connectivity index (χ1n) is 10.6. The van der Waals surface area contributed by atoms with Crippen LogP contribution in [0.1, 0.15) is 37.7 Å². The Labute approximate surface area is 173 Å². The molecule has 4 rings (SSSR count). The Morgan fingerprint density at radius 1 is 1.31 bits per heavy atom. The molecule has 158 valence electrons. The summed E-state index contributed by atoms with van der Waals surface area (Å²) in [5.41, 5.74) is 3.17. The number of hydrogen-bond donors (Lipinski definition) is 1. The van der Waals surface area contributed by atoms with Gasteiger partial charge in [-0.25, -0.2) is 4.79 Å². The van der Waals surface area contributed by atoms with E-state index in [9.17, 15) is 4.79 Å². The van der Waals surface area contributed by atoms with Crippen molar-refractivity contribution < 1.29 is 19.0 Å². The van der Waals surface area contributed by atoms with Crippen LogP contribution in [0.15, 0.2) is 30.0 Å². The van der Waals surface area contributed by atoms with Crippen molar-refractivity contribution in [3.63, 3.8) is 0 Å². The summed E-state index contributed by atoms with van der Waals surface area (Å²) in [7, 11) is 4.79. The van der Waals surface area contributed by atoms with Crippen LogP contribution in [0.4, 0.5) is 5.69 Å². The molecule has 1 N–H and O–H groups in total. The third kappa shape index (κ3) is 3.37. The molecule has 1 aromatic rings. The summed E-state index contributed by atoms with van der Waals surface area (Å²) < 4.78 is 16.0. The van der Waals surface area contributed by atoms with Crippen molar-refractivity contribution >= 4 is 11.7 Å². The van der Waals surface area contributed by atoms with E-state index >= 15 is 0 Å². The van der Waals surface area contributed by atoms with E-state index in [1.165, 1.54) is 18.4 Å². The van der Waals surface area contributed by atoms with Gasteiger partial charge in [0, 0.05) is 35.8 Å². The number of hydrogen-bond acceptors (Lipinski definition) is 6. The zero-order valence-electron chi connectivity index (χ0n) is 17.8. The average Bonchev–Trinajstić information content (AvgIpc) is 3.15. The minimum Gasteiger partial charge on any atom is -0.504 e. The lowest BCUT2D eigenvalue weighted by atomic mass is 9.71. The molecule has 0 spiro atoms. The first-order valence-corrected chi connectivity index (χ1v) is 10.6. The lowest BCUT2D eigenvalue weighted by Crippen LogP contribution is -2.58. The molecule has 0 bridgehead atoms. The van der Waals surface area contributed by atoms with E-state index in [0.29, 0.717) is 29.5 Å². The molecule has 5 atom stereocenters. The number of esters is 1. The molecule has 3 aliphatic heterocycles. The number of nitrogens with one attached hydrogen (secondary N) is 1. The summed E-state index contributed by atoms with van der Waals surface area (Å²) in [6, 6.07) is 6.96. The maximum absolute atomic E-state index is 12.5. The van der Waals surface area contributed by atoms with Gasteiger partial charge in [-0.2, -0.15) is 0 Å². The highest BCUT2D eigenvalue weighted by molar-refractivity contribution is 5.88. The van der Waals surface area contributed by atoms with Crippen LogP contribution in [-0.2, 0) is 14.3 Å². The van der Waals surface area contributed by atoms with Gasteiger partial charge in [-0.15, -0.1) is 0 Å². The van der Waals surface area contributed by atoms with Gasteiger partial charge in [0.15, 0.2) is 0 Å². The van der Waals surface area contributed by atoms with Crippen LogP contribution in [-0.4, -0.2) is 57.4 Å². The number of nitrogens with zero attached hydrogens (tertiary/aromatic N) is 1. The van der Waals surface area contributed by atoms with Crippen LogP contribution < -0.4 is 10.1 Å². The van der Waals surface area contributed by atoms with Gasteiger partial charge in [-0.3, -0.25) is 4.90 Å². The molecule has 0 amide bonds. The van der Waals surface area contributed by atoms with Crippen LogP contribution >= 0.6 is 0 Å². The number of rotatable bonds is 5. The monoisotopic (exact) mass is 400 g/mol. The molecule has 2 fully saturated rings. The number of carbonyl (C=O) groups is 1. The highest BCUT2D eigenvalue weighted by atomic mass is 16.5. The third-order valence-corrected chi connectivity index (χ3v) is 7.15. The van der Waals surface area contributed by atoms with Gasteiger partial charge in [-0.05, 0) is 43.4 Å².